The molecule has 1 unspecified atom stereocenters. The molecule has 8 nitrogen and oxygen atoms in total. The van der Waals surface area contributed by atoms with Gasteiger partial charge in [-0.1, -0.05) is 6.07 Å². The minimum atomic E-state index is -0.106. The summed E-state index contributed by atoms with van der Waals surface area (Å²) in [5.41, 5.74) is 0.719. The number of ether oxygens (including phenoxy) is 1. The van der Waals surface area contributed by atoms with Crippen molar-refractivity contribution in [1.82, 2.24) is 15.5 Å². The van der Waals surface area contributed by atoms with E-state index >= 15 is 0 Å². The van der Waals surface area contributed by atoms with Crippen LogP contribution in [0.4, 0.5) is 5.69 Å². The lowest BCUT2D eigenvalue weighted by Gasteiger charge is -2.26. The predicted molar refractivity (Wildman–Crippen MR) is 118 cm³/mol. The van der Waals surface area contributed by atoms with E-state index < -0.39 is 0 Å². The van der Waals surface area contributed by atoms with Crippen LogP contribution in [0.3, 0.4) is 0 Å². The molecule has 3 rings (SSSR count). The van der Waals surface area contributed by atoms with E-state index in [-0.39, 0.29) is 11.9 Å². The molecule has 1 amide bonds. The van der Waals surface area contributed by atoms with Crippen molar-refractivity contribution in [2.75, 3.05) is 45.2 Å². The van der Waals surface area contributed by atoms with Crippen LogP contribution in [0, 0.1) is 0 Å². The lowest BCUT2D eigenvalue weighted by molar-refractivity contribution is -0.114. The van der Waals surface area contributed by atoms with Crippen LogP contribution in [0.1, 0.15) is 31.6 Å². The highest BCUT2D eigenvalue weighted by Gasteiger charge is 2.25. The molecule has 1 aromatic carbocycles. The van der Waals surface area contributed by atoms with Gasteiger partial charge in [0.25, 0.3) is 0 Å². The van der Waals surface area contributed by atoms with Gasteiger partial charge in [-0.15, -0.1) is 0 Å². The molecule has 0 aliphatic carbocycles. The molecule has 162 valence electrons. The number of nitrogens with one attached hydrogen (secondary N) is 3. The summed E-state index contributed by atoms with van der Waals surface area (Å²) in [4.78, 5) is 17.9. The Morgan fingerprint density at radius 3 is 2.77 bits per heavy atom. The number of rotatable bonds is 9. The molecule has 1 saturated heterocycles. The van der Waals surface area contributed by atoms with Crippen LogP contribution in [0.2, 0.25) is 0 Å². The molecule has 1 aromatic heterocycles. The summed E-state index contributed by atoms with van der Waals surface area (Å²) < 4.78 is 11.4. The summed E-state index contributed by atoms with van der Waals surface area (Å²) in [7, 11) is 1.75. The minimum absolute atomic E-state index is 0.106. The Kier molecular flexibility index (Phi) is 8.14. The molecule has 0 bridgehead atoms. The van der Waals surface area contributed by atoms with Gasteiger partial charge in [0, 0.05) is 32.3 Å². The van der Waals surface area contributed by atoms with Crippen LogP contribution in [-0.4, -0.2) is 56.6 Å². The number of carbonyl (C=O) groups is 1. The second kappa shape index (κ2) is 11.3. The second-order valence-electron chi connectivity index (χ2n) is 7.21. The van der Waals surface area contributed by atoms with E-state index in [1.165, 1.54) is 19.8 Å². The Hall–Kier alpha value is -3.00. The molecule has 3 N–H and O–H groups in total. The van der Waals surface area contributed by atoms with E-state index in [4.69, 9.17) is 9.15 Å². The molecule has 2 heterocycles. The average Bonchev–Trinajstić information content (AvgIpc) is 3.44. The van der Waals surface area contributed by atoms with Gasteiger partial charge in [0.15, 0.2) is 5.96 Å². The van der Waals surface area contributed by atoms with Crippen molar-refractivity contribution in [1.29, 1.82) is 0 Å². The third-order valence-electron chi connectivity index (χ3n) is 4.96. The lowest BCUT2D eigenvalue weighted by atomic mass is 10.2. The van der Waals surface area contributed by atoms with Gasteiger partial charge in [-0.3, -0.25) is 14.7 Å². The summed E-state index contributed by atoms with van der Waals surface area (Å²) in [5, 5.41) is 9.42. The number of hydrogen-bond acceptors (Lipinski definition) is 5. The van der Waals surface area contributed by atoms with Crippen molar-refractivity contribution in [2.45, 2.75) is 25.8 Å². The monoisotopic (exact) mass is 413 g/mol. The minimum Gasteiger partial charge on any atom is -0.492 e. The van der Waals surface area contributed by atoms with Crippen molar-refractivity contribution < 1.29 is 13.9 Å². The van der Waals surface area contributed by atoms with E-state index in [1.807, 2.05) is 30.3 Å². The van der Waals surface area contributed by atoms with Gasteiger partial charge in [0.05, 0.1) is 18.8 Å². The molecule has 1 aliphatic rings. The van der Waals surface area contributed by atoms with E-state index in [0.29, 0.717) is 25.4 Å². The van der Waals surface area contributed by atoms with Gasteiger partial charge >= 0.3 is 0 Å². The first kappa shape index (κ1) is 21.7. The number of likely N-dealkylation sites (tertiary alicyclic amines) is 1. The highest BCUT2D eigenvalue weighted by Crippen LogP contribution is 2.24. The first-order chi connectivity index (χ1) is 14.7. The van der Waals surface area contributed by atoms with Crippen LogP contribution in [-0.2, 0) is 4.79 Å². The zero-order valence-corrected chi connectivity index (χ0v) is 17.7. The van der Waals surface area contributed by atoms with Crippen molar-refractivity contribution in [3.63, 3.8) is 0 Å². The zero-order valence-electron chi connectivity index (χ0n) is 17.7. The van der Waals surface area contributed by atoms with E-state index in [9.17, 15) is 4.79 Å². The van der Waals surface area contributed by atoms with Gasteiger partial charge in [0.2, 0.25) is 5.91 Å². The molecule has 8 heteroatoms. The fourth-order valence-corrected chi connectivity index (χ4v) is 3.56. The highest BCUT2D eigenvalue weighted by atomic mass is 16.5. The maximum atomic E-state index is 11.2. The number of carbonyl (C=O) groups excluding carboxylic acids is 1. The number of hydrogen-bond donors (Lipinski definition) is 3. The normalized spacial score (nSPS) is 15.6. The SMILES string of the molecule is CN=C(NCCOc1cccc(NC(C)=O)c1)NCC(c1ccco1)N1CCCC1. The topological polar surface area (TPSA) is 91.1 Å². The van der Waals surface area contributed by atoms with Crippen molar-refractivity contribution in [3.8, 4) is 5.75 Å². The van der Waals surface area contributed by atoms with Crippen LogP contribution >= 0.6 is 0 Å². The lowest BCUT2D eigenvalue weighted by Crippen LogP contribution is -2.43. The third kappa shape index (κ3) is 6.52. The summed E-state index contributed by atoms with van der Waals surface area (Å²) in [6.45, 7) is 5.44. The van der Waals surface area contributed by atoms with Gasteiger partial charge in [-0.25, -0.2) is 0 Å². The van der Waals surface area contributed by atoms with E-state index in [0.717, 1.165) is 30.5 Å². The maximum Gasteiger partial charge on any atom is 0.221 e. The highest BCUT2D eigenvalue weighted by molar-refractivity contribution is 5.88. The van der Waals surface area contributed by atoms with Gasteiger partial charge in [-0.05, 0) is 50.2 Å². The fourth-order valence-electron chi connectivity index (χ4n) is 3.56. The molecule has 1 fully saturated rings. The Labute approximate surface area is 177 Å². The molecular formula is C22H31N5O3. The average molecular weight is 414 g/mol. The quantitative estimate of drug-likeness (QED) is 0.333. The molecule has 0 saturated carbocycles. The smallest absolute Gasteiger partial charge is 0.221 e. The number of amides is 1. The van der Waals surface area contributed by atoms with Gasteiger partial charge in [0.1, 0.15) is 18.1 Å². The number of furan rings is 1. The van der Waals surface area contributed by atoms with Gasteiger partial charge < -0.3 is 25.1 Å². The predicted octanol–water partition coefficient (Wildman–Crippen LogP) is 2.62. The van der Waals surface area contributed by atoms with Crippen LogP contribution in [0.25, 0.3) is 0 Å². The number of aliphatic imine (C=N–C) groups is 1. The Morgan fingerprint density at radius 1 is 1.23 bits per heavy atom. The van der Waals surface area contributed by atoms with Crippen molar-refractivity contribution in [2.24, 2.45) is 4.99 Å². The first-order valence-electron chi connectivity index (χ1n) is 10.4. The molecule has 0 radical (unpaired) electrons. The second-order valence-corrected chi connectivity index (χ2v) is 7.21. The Morgan fingerprint density at radius 2 is 2.07 bits per heavy atom. The number of benzene rings is 1. The first-order valence-corrected chi connectivity index (χ1v) is 10.4. The molecule has 1 atom stereocenters. The zero-order chi connectivity index (χ0) is 21.2. The van der Waals surface area contributed by atoms with Crippen molar-refractivity contribution in [3.05, 3.63) is 48.4 Å². The fraction of sp³-hybridized carbons (Fsp3) is 0.455. The third-order valence-corrected chi connectivity index (χ3v) is 4.96. The number of guanidine groups is 1. The summed E-state index contributed by atoms with van der Waals surface area (Å²) >= 11 is 0. The van der Waals surface area contributed by atoms with E-state index in [2.05, 4.69) is 25.8 Å². The molecule has 1 aliphatic heterocycles. The van der Waals surface area contributed by atoms with Gasteiger partial charge in [-0.2, -0.15) is 0 Å². The van der Waals surface area contributed by atoms with Crippen LogP contribution < -0.4 is 20.7 Å². The Balaban J connectivity index is 1.44. The molecule has 30 heavy (non-hydrogen) atoms. The molecule has 0 spiro atoms. The Bertz CT molecular complexity index is 816. The van der Waals surface area contributed by atoms with E-state index in [1.54, 1.807) is 19.4 Å². The maximum absolute atomic E-state index is 11.2. The summed E-state index contributed by atoms with van der Waals surface area (Å²) in [5.74, 6) is 2.30. The standard InChI is InChI=1S/C22H31N5O3/c1-17(28)26-18-7-5-8-19(15-18)29-14-10-24-22(23-2)25-16-20(21-9-6-13-30-21)27-11-3-4-12-27/h5-9,13,15,20H,3-4,10-12,14,16H2,1-2H3,(H,26,28)(H2,23,24,25). The van der Waals surface area contributed by atoms with Crippen LogP contribution in [0.5, 0.6) is 5.75 Å². The number of anilines is 1. The summed E-state index contributed by atoms with van der Waals surface area (Å²) in [6.07, 6.45) is 4.18. The molecule has 2 aromatic rings. The largest absolute Gasteiger partial charge is 0.492 e. The van der Waals surface area contributed by atoms with Crippen LogP contribution in [0.15, 0.2) is 52.1 Å². The number of nitrogens with zero attached hydrogens (tertiary/aromatic N) is 2. The summed E-state index contributed by atoms with van der Waals surface area (Å²) in [6, 6.07) is 11.5. The van der Waals surface area contributed by atoms with Crippen molar-refractivity contribution >= 4 is 17.6 Å². The molecular weight excluding hydrogens is 382 g/mol.